The largest absolute Gasteiger partial charge is 0.454 e. The van der Waals surface area contributed by atoms with Gasteiger partial charge in [-0.05, 0) is 42.3 Å². The smallest absolute Gasteiger partial charge is 0.416 e. The number of alkyl halides is 3. The number of amides is 1. The predicted octanol–water partition coefficient (Wildman–Crippen LogP) is 5.77. The van der Waals surface area contributed by atoms with E-state index in [2.05, 4.69) is 10.6 Å². The summed E-state index contributed by atoms with van der Waals surface area (Å²) in [5, 5.41) is 4.73. The van der Waals surface area contributed by atoms with E-state index in [1.165, 1.54) is 12.1 Å². The van der Waals surface area contributed by atoms with Crippen LogP contribution in [0.25, 0.3) is 0 Å². The Bertz CT molecular complexity index is 968. The van der Waals surface area contributed by atoms with Crippen LogP contribution in [0.15, 0.2) is 36.4 Å². The summed E-state index contributed by atoms with van der Waals surface area (Å²) in [4.78, 5) is 24.4. The Kier molecular flexibility index (Phi) is 8.14. The van der Waals surface area contributed by atoms with Crippen molar-refractivity contribution in [2.24, 2.45) is 5.92 Å². The lowest BCUT2D eigenvalue weighted by molar-refractivity contribution is -0.149. The molecule has 0 unspecified atom stereocenters. The standard InChI is InChI=1S/C20H18Cl2F4N2O3/c1-10(2)18(28-16-6-3-11(7-14(16)22)20(24,25)26)19(30)31-9-17(29)27-12-4-5-15(23)13(21)8-12/h3-8,10,18,28H,9H2,1-2H3,(H,27,29)/t18-/m1/s1. The molecule has 0 radical (unpaired) electrons. The van der Waals surface area contributed by atoms with Gasteiger partial charge in [0.05, 0.1) is 21.3 Å². The molecule has 0 aliphatic rings. The van der Waals surface area contributed by atoms with E-state index in [1.54, 1.807) is 13.8 Å². The van der Waals surface area contributed by atoms with Gasteiger partial charge in [0.2, 0.25) is 0 Å². The van der Waals surface area contributed by atoms with Crippen LogP contribution in [0.5, 0.6) is 0 Å². The van der Waals surface area contributed by atoms with Gasteiger partial charge in [-0.1, -0.05) is 37.0 Å². The summed E-state index contributed by atoms with van der Waals surface area (Å²) < 4.78 is 56.5. The highest BCUT2D eigenvalue weighted by molar-refractivity contribution is 6.33. The molecule has 0 fully saturated rings. The first kappa shape index (κ1) is 24.7. The molecule has 0 bridgehead atoms. The monoisotopic (exact) mass is 480 g/mol. The Morgan fingerprint density at radius 2 is 1.74 bits per heavy atom. The number of ether oxygens (including phenoxy) is 1. The van der Waals surface area contributed by atoms with Crippen LogP contribution < -0.4 is 10.6 Å². The van der Waals surface area contributed by atoms with Crippen LogP contribution in [0.4, 0.5) is 28.9 Å². The third-order valence-electron chi connectivity index (χ3n) is 4.08. The van der Waals surface area contributed by atoms with Crippen LogP contribution in [0.3, 0.4) is 0 Å². The van der Waals surface area contributed by atoms with E-state index in [9.17, 15) is 27.2 Å². The Balaban J connectivity index is 2.00. The third-order valence-corrected chi connectivity index (χ3v) is 4.68. The summed E-state index contributed by atoms with van der Waals surface area (Å²) in [6, 6.07) is 5.25. The maximum Gasteiger partial charge on any atom is 0.416 e. The summed E-state index contributed by atoms with van der Waals surface area (Å²) >= 11 is 11.5. The first-order chi connectivity index (χ1) is 14.4. The minimum absolute atomic E-state index is 0.107. The van der Waals surface area contributed by atoms with Crippen molar-refractivity contribution in [1.29, 1.82) is 0 Å². The van der Waals surface area contributed by atoms with Crippen molar-refractivity contribution in [2.75, 3.05) is 17.2 Å². The maximum absolute atomic E-state index is 13.2. The third kappa shape index (κ3) is 7.00. The lowest BCUT2D eigenvalue weighted by atomic mass is 10.0. The van der Waals surface area contributed by atoms with Crippen molar-refractivity contribution >= 4 is 46.5 Å². The van der Waals surface area contributed by atoms with Crippen molar-refractivity contribution in [3.63, 3.8) is 0 Å². The summed E-state index contributed by atoms with van der Waals surface area (Å²) in [5.41, 5.74) is -0.609. The summed E-state index contributed by atoms with van der Waals surface area (Å²) in [7, 11) is 0. The van der Waals surface area contributed by atoms with Crippen LogP contribution in [0.2, 0.25) is 10.0 Å². The van der Waals surface area contributed by atoms with E-state index in [0.717, 1.165) is 24.3 Å². The van der Waals surface area contributed by atoms with Gasteiger partial charge < -0.3 is 15.4 Å². The van der Waals surface area contributed by atoms with E-state index >= 15 is 0 Å². The van der Waals surface area contributed by atoms with Gasteiger partial charge in [-0.25, -0.2) is 9.18 Å². The van der Waals surface area contributed by atoms with Gasteiger partial charge in [0, 0.05) is 5.69 Å². The molecule has 2 rings (SSSR count). The van der Waals surface area contributed by atoms with Crippen LogP contribution in [-0.4, -0.2) is 24.5 Å². The highest BCUT2D eigenvalue weighted by Crippen LogP contribution is 2.34. The number of esters is 1. The second-order valence-corrected chi connectivity index (χ2v) is 7.66. The number of hydrogen-bond donors (Lipinski definition) is 2. The zero-order chi connectivity index (χ0) is 23.3. The molecule has 1 atom stereocenters. The number of carbonyl (C=O) groups excluding carboxylic acids is 2. The molecule has 0 heterocycles. The summed E-state index contributed by atoms with van der Waals surface area (Å²) in [6.07, 6.45) is -4.55. The average Bonchev–Trinajstić information content (AvgIpc) is 2.67. The van der Waals surface area contributed by atoms with Crippen molar-refractivity contribution < 1.29 is 31.9 Å². The summed E-state index contributed by atoms with van der Waals surface area (Å²) in [5.74, 6) is -2.49. The van der Waals surface area contributed by atoms with Crippen LogP contribution in [-0.2, 0) is 20.5 Å². The topological polar surface area (TPSA) is 67.4 Å². The fourth-order valence-corrected chi connectivity index (χ4v) is 2.89. The first-order valence-corrected chi connectivity index (χ1v) is 9.69. The Morgan fingerprint density at radius 3 is 2.29 bits per heavy atom. The van der Waals surface area contributed by atoms with E-state index < -0.39 is 42.1 Å². The predicted molar refractivity (Wildman–Crippen MR) is 110 cm³/mol. The van der Waals surface area contributed by atoms with Gasteiger partial charge in [0.15, 0.2) is 6.61 Å². The number of halogens is 6. The molecule has 31 heavy (non-hydrogen) atoms. The number of nitrogens with one attached hydrogen (secondary N) is 2. The lowest BCUT2D eigenvalue weighted by Crippen LogP contribution is -2.37. The highest BCUT2D eigenvalue weighted by Gasteiger charge is 2.31. The molecular formula is C20H18Cl2F4N2O3. The van der Waals surface area contributed by atoms with E-state index in [0.29, 0.717) is 0 Å². The maximum atomic E-state index is 13.2. The molecule has 2 aromatic rings. The Hall–Kier alpha value is -2.52. The molecule has 0 spiro atoms. The zero-order valence-corrected chi connectivity index (χ0v) is 17.8. The summed E-state index contributed by atoms with van der Waals surface area (Å²) in [6.45, 7) is 2.72. The van der Waals surface area contributed by atoms with Crippen molar-refractivity contribution in [1.82, 2.24) is 0 Å². The van der Waals surface area contributed by atoms with Gasteiger partial charge in [-0.3, -0.25) is 4.79 Å². The molecule has 1 amide bonds. The van der Waals surface area contributed by atoms with Gasteiger partial charge >= 0.3 is 12.1 Å². The molecule has 0 aliphatic carbocycles. The van der Waals surface area contributed by atoms with E-state index in [4.69, 9.17) is 27.9 Å². The molecule has 0 aliphatic heterocycles. The van der Waals surface area contributed by atoms with Crippen LogP contribution in [0, 0.1) is 11.7 Å². The van der Waals surface area contributed by atoms with Crippen molar-refractivity contribution in [3.05, 3.63) is 57.8 Å². The molecule has 2 aromatic carbocycles. The average molecular weight is 481 g/mol. The molecular weight excluding hydrogens is 463 g/mol. The quantitative estimate of drug-likeness (QED) is 0.389. The van der Waals surface area contributed by atoms with Gasteiger partial charge in [0.1, 0.15) is 11.9 Å². The molecule has 168 valence electrons. The second kappa shape index (κ2) is 10.2. The van der Waals surface area contributed by atoms with Crippen LogP contribution in [0.1, 0.15) is 19.4 Å². The molecule has 0 saturated heterocycles. The number of benzene rings is 2. The fourth-order valence-electron chi connectivity index (χ4n) is 2.47. The normalized spacial score (nSPS) is 12.4. The zero-order valence-electron chi connectivity index (χ0n) is 16.3. The van der Waals surface area contributed by atoms with E-state index in [-0.39, 0.29) is 27.3 Å². The number of carbonyl (C=O) groups is 2. The van der Waals surface area contributed by atoms with Gasteiger partial charge in [0.25, 0.3) is 5.91 Å². The molecule has 2 N–H and O–H groups in total. The van der Waals surface area contributed by atoms with Crippen molar-refractivity contribution in [3.8, 4) is 0 Å². The lowest BCUT2D eigenvalue weighted by Gasteiger charge is -2.23. The van der Waals surface area contributed by atoms with Crippen molar-refractivity contribution in [2.45, 2.75) is 26.1 Å². The van der Waals surface area contributed by atoms with E-state index in [1.807, 2.05) is 0 Å². The molecule has 0 aromatic heterocycles. The number of hydrogen-bond acceptors (Lipinski definition) is 4. The molecule has 11 heteroatoms. The SMILES string of the molecule is CC(C)[C@@H](Nc1ccc(C(F)(F)F)cc1Cl)C(=O)OCC(=O)Nc1ccc(F)c(Cl)c1. The fraction of sp³-hybridized carbons (Fsp3) is 0.300. The number of anilines is 2. The Labute approximate surface area is 185 Å². The molecule has 5 nitrogen and oxygen atoms in total. The highest BCUT2D eigenvalue weighted by atomic mass is 35.5. The minimum Gasteiger partial charge on any atom is -0.454 e. The number of rotatable bonds is 7. The van der Waals surface area contributed by atoms with Gasteiger partial charge in [-0.2, -0.15) is 13.2 Å². The van der Waals surface area contributed by atoms with Gasteiger partial charge in [-0.15, -0.1) is 0 Å². The minimum atomic E-state index is -4.55. The first-order valence-electron chi connectivity index (χ1n) is 8.93. The Morgan fingerprint density at radius 1 is 1.06 bits per heavy atom. The second-order valence-electron chi connectivity index (χ2n) is 6.84. The van der Waals surface area contributed by atoms with Crippen LogP contribution >= 0.6 is 23.2 Å². The molecule has 0 saturated carbocycles.